The maximum Gasteiger partial charge on any atom is 0.257 e. The number of aromatic nitrogens is 2. The first-order chi connectivity index (χ1) is 14.9. The monoisotopic (exact) mass is 462 g/mol. The van der Waals surface area contributed by atoms with E-state index in [2.05, 4.69) is 33.8 Å². The molecule has 2 N–H and O–H groups in total. The molecule has 2 rings (SSSR count). The SMILES string of the molecule is C=C/C(=C\C(F)=C\Cl)OCC(=O)NCCC(=C)Nc1cncc(-c2ccc(Cl)cc2)n1. The summed E-state index contributed by atoms with van der Waals surface area (Å²) in [6.45, 7) is 7.44. The van der Waals surface area contributed by atoms with Crippen molar-refractivity contribution in [1.82, 2.24) is 15.3 Å². The van der Waals surface area contributed by atoms with Crippen molar-refractivity contribution in [2.45, 2.75) is 6.42 Å². The summed E-state index contributed by atoms with van der Waals surface area (Å²) in [4.78, 5) is 20.6. The highest BCUT2D eigenvalue weighted by Gasteiger charge is 2.06. The van der Waals surface area contributed by atoms with E-state index in [9.17, 15) is 9.18 Å². The lowest BCUT2D eigenvalue weighted by atomic mass is 10.2. The van der Waals surface area contributed by atoms with Crippen molar-refractivity contribution in [2.75, 3.05) is 18.5 Å². The molecular formula is C22H21Cl2FN4O2. The maximum atomic E-state index is 13.1. The Labute approximate surface area is 190 Å². The van der Waals surface area contributed by atoms with Gasteiger partial charge in [0, 0.05) is 40.9 Å². The summed E-state index contributed by atoms with van der Waals surface area (Å²) < 4.78 is 18.3. The molecule has 1 aromatic heterocycles. The van der Waals surface area contributed by atoms with Crippen LogP contribution in [-0.2, 0) is 9.53 Å². The van der Waals surface area contributed by atoms with E-state index in [1.165, 1.54) is 6.08 Å². The molecule has 162 valence electrons. The second-order valence-electron chi connectivity index (χ2n) is 6.16. The third kappa shape index (κ3) is 8.62. The fourth-order valence-electron chi connectivity index (χ4n) is 2.31. The van der Waals surface area contributed by atoms with Gasteiger partial charge in [-0.1, -0.05) is 48.5 Å². The Morgan fingerprint density at radius 2 is 2.00 bits per heavy atom. The van der Waals surface area contributed by atoms with Crippen LogP contribution in [0.5, 0.6) is 0 Å². The molecule has 0 atom stereocenters. The van der Waals surface area contributed by atoms with Gasteiger partial charge >= 0.3 is 0 Å². The van der Waals surface area contributed by atoms with E-state index >= 15 is 0 Å². The van der Waals surface area contributed by atoms with Crippen LogP contribution in [0.2, 0.25) is 5.02 Å². The van der Waals surface area contributed by atoms with Crippen molar-refractivity contribution in [3.8, 4) is 11.3 Å². The Hall–Kier alpha value is -3.16. The van der Waals surface area contributed by atoms with E-state index in [0.29, 0.717) is 35.2 Å². The lowest BCUT2D eigenvalue weighted by molar-refractivity contribution is -0.124. The number of halogens is 3. The number of amides is 1. The van der Waals surface area contributed by atoms with E-state index in [4.69, 9.17) is 27.9 Å². The largest absolute Gasteiger partial charge is 0.484 e. The normalized spacial score (nSPS) is 11.6. The van der Waals surface area contributed by atoms with Gasteiger partial charge in [-0.3, -0.25) is 9.78 Å². The molecule has 0 bridgehead atoms. The number of allylic oxidation sites excluding steroid dienone is 3. The van der Waals surface area contributed by atoms with Gasteiger partial charge in [-0.2, -0.15) is 0 Å². The second-order valence-corrected chi connectivity index (χ2v) is 6.81. The Balaban J connectivity index is 1.79. The van der Waals surface area contributed by atoms with Crippen LogP contribution in [0.1, 0.15) is 6.42 Å². The van der Waals surface area contributed by atoms with Gasteiger partial charge < -0.3 is 15.4 Å². The van der Waals surface area contributed by atoms with Gasteiger partial charge in [0.1, 0.15) is 17.4 Å². The standard InChI is InChI=1S/C22H21Cl2FN4O2/c1-3-19(10-18(25)11-23)31-14-22(30)27-9-8-15(2)28-21-13-26-12-20(29-21)16-4-6-17(24)7-5-16/h3-7,10-13H,1-2,8-9,14H2,(H,27,30)(H,28,29)/b18-11-,19-10+. The van der Waals surface area contributed by atoms with Crippen LogP contribution < -0.4 is 10.6 Å². The molecule has 0 spiro atoms. The fraction of sp³-hybridized carbons (Fsp3) is 0.136. The van der Waals surface area contributed by atoms with Crippen LogP contribution in [-0.4, -0.2) is 29.0 Å². The summed E-state index contributed by atoms with van der Waals surface area (Å²) in [5.41, 5.74) is 2.96. The van der Waals surface area contributed by atoms with E-state index < -0.39 is 5.83 Å². The van der Waals surface area contributed by atoms with Gasteiger partial charge in [0.2, 0.25) is 0 Å². The lowest BCUT2D eigenvalue weighted by Crippen LogP contribution is -2.29. The Morgan fingerprint density at radius 1 is 1.26 bits per heavy atom. The highest BCUT2D eigenvalue weighted by Crippen LogP contribution is 2.20. The number of hydrogen-bond donors (Lipinski definition) is 2. The zero-order chi connectivity index (χ0) is 22.6. The van der Waals surface area contributed by atoms with Gasteiger partial charge in [0.15, 0.2) is 6.61 Å². The van der Waals surface area contributed by atoms with Gasteiger partial charge in [0.05, 0.1) is 18.1 Å². The van der Waals surface area contributed by atoms with Crippen molar-refractivity contribution in [1.29, 1.82) is 0 Å². The molecule has 0 aliphatic carbocycles. The summed E-state index contributed by atoms with van der Waals surface area (Å²) in [5.74, 6) is -0.458. The van der Waals surface area contributed by atoms with E-state index in [0.717, 1.165) is 17.2 Å². The molecule has 9 heteroatoms. The molecule has 0 aliphatic heterocycles. The van der Waals surface area contributed by atoms with Crippen LogP contribution >= 0.6 is 23.2 Å². The first-order valence-electron chi connectivity index (χ1n) is 9.13. The molecule has 1 heterocycles. The number of carbonyl (C=O) groups is 1. The number of nitrogens with one attached hydrogen (secondary N) is 2. The molecule has 1 aromatic carbocycles. The average molecular weight is 463 g/mol. The number of anilines is 1. The summed E-state index contributed by atoms with van der Waals surface area (Å²) >= 11 is 11.2. The molecule has 31 heavy (non-hydrogen) atoms. The molecule has 1 amide bonds. The van der Waals surface area contributed by atoms with Crippen molar-refractivity contribution in [3.63, 3.8) is 0 Å². The predicted molar refractivity (Wildman–Crippen MR) is 122 cm³/mol. The van der Waals surface area contributed by atoms with Crippen LogP contribution in [0.15, 0.2) is 84.8 Å². The predicted octanol–water partition coefficient (Wildman–Crippen LogP) is 5.37. The summed E-state index contributed by atoms with van der Waals surface area (Å²) in [5, 5.41) is 6.39. The number of benzene rings is 1. The number of rotatable bonds is 11. The van der Waals surface area contributed by atoms with Crippen molar-refractivity contribution in [3.05, 3.63) is 89.8 Å². The second kappa shape index (κ2) is 12.5. The minimum absolute atomic E-state index is 0.0924. The number of hydrogen-bond acceptors (Lipinski definition) is 5. The smallest absolute Gasteiger partial charge is 0.257 e. The third-order valence-corrected chi connectivity index (χ3v) is 4.24. The van der Waals surface area contributed by atoms with Gasteiger partial charge in [0.25, 0.3) is 5.91 Å². The topological polar surface area (TPSA) is 76.1 Å². The summed E-state index contributed by atoms with van der Waals surface area (Å²) in [6, 6.07) is 7.28. The number of nitrogens with zero attached hydrogens (tertiary/aromatic N) is 2. The van der Waals surface area contributed by atoms with Crippen LogP contribution in [0.3, 0.4) is 0 Å². The molecule has 0 saturated carbocycles. The minimum Gasteiger partial charge on any atom is -0.484 e. The van der Waals surface area contributed by atoms with Crippen LogP contribution in [0.25, 0.3) is 11.3 Å². The maximum absolute atomic E-state index is 13.1. The quantitative estimate of drug-likeness (QED) is 0.347. The summed E-state index contributed by atoms with van der Waals surface area (Å²) in [7, 11) is 0. The molecule has 2 aromatic rings. The molecule has 0 aliphatic rings. The van der Waals surface area contributed by atoms with Crippen molar-refractivity contribution >= 4 is 34.9 Å². The van der Waals surface area contributed by atoms with Crippen LogP contribution in [0, 0.1) is 0 Å². The van der Waals surface area contributed by atoms with Gasteiger partial charge in [-0.05, 0) is 18.2 Å². The first kappa shape index (κ1) is 24.1. The van der Waals surface area contributed by atoms with Crippen molar-refractivity contribution in [2.24, 2.45) is 0 Å². The first-order valence-corrected chi connectivity index (χ1v) is 9.95. The van der Waals surface area contributed by atoms with E-state index in [-0.39, 0.29) is 18.3 Å². The lowest BCUT2D eigenvalue weighted by Gasteiger charge is -2.11. The molecular weight excluding hydrogens is 442 g/mol. The molecule has 0 saturated heterocycles. The third-order valence-electron chi connectivity index (χ3n) is 3.78. The minimum atomic E-state index is -0.706. The Kier molecular flexibility index (Phi) is 9.74. The number of carbonyl (C=O) groups excluding carboxylic acids is 1. The van der Waals surface area contributed by atoms with E-state index in [1.807, 2.05) is 12.1 Å². The Bertz CT molecular complexity index is 991. The average Bonchev–Trinajstić information content (AvgIpc) is 2.77. The van der Waals surface area contributed by atoms with Gasteiger partial charge in [-0.15, -0.1) is 0 Å². The highest BCUT2D eigenvalue weighted by atomic mass is 35.5. The zero-order valence-corrected chi connectivity index (χ0v) is 18.1. The van der Waals surface area contributed by atoms with Gasteiger partial charge in [-0.25, -0.2) is 9.37 Å². The zero-order valence-electron chi connectivity index (χ0n) is 16.6. The fourth-order valence-corrected chi connectivity index (χ4v) is 2.50. The molecule has 0 fully saturated rings. The highest BCUT2D eigenvalue weighted by molar-refractivity contribution is 6.30. The number of ether oxygens (including phenoxy) is 1. The van der Waals surface area contributed by atoms with Crippen molar-refractivity contribution < 1.29 is 13.9 Å². The molecule has 6 nitrogen and oxygen atoms in total. The van der Waals surface area contributed by atoms with Crippen LogP contribution in [0.4, 0.5) is 10.2 Å². The summed E-state index contributed by atoms with van der Waals surface area (Å²) in [6.07, 6.45) is 5.98. The molecule has 0 unspecified atom stereocenters. The molecule has 0 radical (unpaired) electrons. The van der Waals surface area contributed by atoms with E-state index in [1.54, 1.807) is 24.5 Å². The Morgan fingerprint density at radius 3 is 2.68 bits per heavy atom.